The van der Waals surface area contributed by atoms with Crippen LogP contribution >= 0.6 is 11.6 Å². The zero-order valence-electron chi connectivity index (χ0n) is 20.2. The van der Waals surface area contributed by atoms with Gasteiger partial charge in [-0.2, -0.15) is 5.10 Å². The number of halogens is 1. The molecule has 0 N–H and O–H groups in total. The van der Waals surface area contributed by atoms with Crippen LogP contribution in [-0.2, 0) is 0 Å². The molecule has 36 heavy (non-hydrogen) atoms. The Balaban J connectivity index is 1.45. The molecule has 184 valence electrons. The fourth-order valence-corrected chi connectivity index (χ4v) is 4.68. The Morgan fingerprint density at radius 1 is 0.833 bits per heavy atom. The smallest absolute Gasteiger partial charge is 0.272 e. The van der Waals surface area contributed by atoms with Crippen LogP contribution in [0.2, 0.25) is 5.02 Å². The third-order valence-electron chi connectivity index (χ3n) is 6.37. The summed E-state index contributed by atoms with van der Waals surface area (Å²) in [7, 11) is 3.30. The Labute approximate surface area is 215 Å². The molecule has 1 fully saturated rings. The summed E-state index contributed by atoms with van der Waals surface area (Å²) >= 11 is 6.52. The van der Waals surface area contributed by atoms with Gasteiger partial charge in [0, 0.05) is 31.7 Å². The number of carbonyl (C=O) groups is 1. The van der Waals surface area contributed by atoms with Gasteiger partial charge in [0.15, 0.2) is 0 Å². The summed E-state index contributed by atoms with van der Waals surface area (Å²) in [5.74, 6) is 1.47. The summed E-state index contributed by atoms with van der Waals surface area (Å²) in [4.78, 5) is 17.9. The van der Waals surface area contributed by atoms with Crippen molar-refractivity contribution in [2.75, 3.05) is 45.3 Å². The highest BCUT2D eigenvalue weighted by Gasteiger charge is 2.27. The van der Waals surface area contributed by atoms with Gasteiger partial charge in [0.25, 0.3) is 5.91 Å². The molecule has 0 atom stereocenters. The third kappa shape index (κ3) is 4.62. The quantitative estimate of drug-likeness (QED) is 0.364. The summed E-state index contributed by atoms with van der Waals surface area (Å²) in [6, 6.07) is 24.8. The average Bonchev–Trinajstić information content (AvgIpc) is 3.38. The van der Waals surface area contributed by atoms with Gasteiger partial charge in [-0.3, -0.25) is 4.79 Å². The molecule has 0 bridgehead atoms. The molecule has 8 heteroatoms. The van der Waals surface area contributed by atoms with Gasteiger partial charge in [-0.05, 0) is 42.5 Å². The zero-order chi connectivity index (χ0) is 25.1. The van der Waals surface area contributed by atoms with Gasteiger partial charge >= 0.3 is 0 Å². The molecule has 0 aliphatic carbocycles. The molecule has 4 aromatic rings. The van der Waals surface area contributed by atoms with E-state index in [0.717, 1.165) is 22.7 Å². The molecule has 5 rings (SSSR count). The molecule has 1 aliphatic rings. The van der Waals surface area contributed by atoms with E-state index in [9.17, 15) is 4.79 Å². The Hall–Kier alpha value is -3.97. The minimum absolute atomic E-state index is 0.0868. The van der Waals surface area contributed by atoms with Gasteiger partial charge in [-0.15, -0.1) is 0 Å². The molecule has 0 spiro atoms. The molecule has 0 saturated carbocycles. The summed E-state index contributed by atoms with van der Waals surface area (Å²) in [6.07, 6.45) is 0. The molecule has 1 aromatic heterocycles. The number of aromatic nitrogens is 2. The Morgan fingerprint density at radius 2 is 1.56 bits per heavy atom. The van der Waals surface area contributed by atoms with E-state index in [1.165, 1.54) is 0 Å². The van der Waals surface area contributed by atoms with Gasteiger partial charge in [0.2, 0.25) is 0 Å². The monoisotopic (exact) mass is 502 g/mol. The Kier molecular flexibility index (Phi) is 6.82. The summed E-state index contributed by atoms with van der Waals surface area (Å²) in [5.41, 5.74) is 3.68. The van der Waals surface area contributed by atoms with Crippen LogP contribution in [0.4, 0.5) is 5.69 Å². The number of ether oxygens (including phenoxy) is 2. The second-order valence-electron chi connectivity index (χ2n) is 8.46. The number of carbonyl (C=O) groups excluding carboxylic acids is 1. The Morgan fingerprint density at radius 3 is 2.28 bits per heavy atom. The zero-order valence-corrected chi connectivity index (χ0v) is 21.0. The number of hydrogen-bond acceptors (Lipinski definition) is 5. The van der Waals surface area contributed by atoms with Crippen molar-refractivity contribution >= 4 is 23.2 Å². The average molecular weight is 503 g/mol. The van der Waals surface area contributed by atoms with Crippen molar-refractivity contribution in [3.05, 3.63) is 89.6 Å². The molecule has 0 unspecified atom stereocenters. The molecular weight excluding hydrogens is 476 g/mol. The lowest BCUT2D eigenvalue weighted by molar-refractivity contribution is 0.0737. The molecule has 3 aromatic carbocycles. The second kappa shape index (κ2) is 10.3. The molecule has 2 heterocycles. The van der Waals surface area contributed by atoms with E-state index in [1.807, 2.05) is 77.7 Å². The lowest BCUT2D eigenvalue weighted by Gasteiger charge is -2.36. The van der Waals surface area contributed by atoms with Crippen LogP contribution in [0.3, 0.4) is 0 Å². The molecule has 1 saturated heterocycles. The SMILES string of the molecule is COc1cccc(-c2cc(C(=O)N3CCN(c4ccccc4OC)CC3)n(-c3ccccc3Cl)n2)c1. The van der Waals surface area contributed by atoms with Crippen molar-refractivity contribution in [3.8, 4) is 28.4 Å². The predicted octanol–water partition coefficient (Wildman–Crippen LogP) is 5.17. The van der Waals surface area contributed by atoms with Crippen molar-refractivity contribution in [1.82, 2.24) is 14.7 Å². The molecular formula is C28H27ClN4O3. The van der Waals surface area contributed by atoms with Gasteiger partial charge in [0.1, 0.15) is 17.2 Å². The lowest BCUT2D eigenvalue weighted by atomic mass is 10.1. The number of piperazine rings is 1. The molecule has 1 aliphatic heterocycles. The third-order valence-corrected chi connectivity index (χ3v) is 6.69. The van der Waals surface area contributed by atoms with E-state index in [2.05, 4.69) is 4.90 Å². The minimum atomic E-state index is -0.0868. The maximum Gasteiger partial charge on any atom is 0.272 e. The van der Waals surface area contributed by atoms with Crippen LogP contribution in [0.15, 0.2) is 78.9 Å². The van der Waals surface area contributed by atoms with Crippen LogP contribution in [-0.4, -0.2) is 61.0 Å². The topological polar surface area (TPSA) is 59.8 Å². The van der Waals surface area contributed by atoms with Crippen molar-refractivity contribution in [3.63, 3.8) is 0 Å². The van der Waals surface area contributed by atoms with E-state index >= 15 is 0 Å². The van der Waals surface area contributed by atoms with Crippen molar-refractivity contribution in [1.29, 1.82) is 0 Å². The van der Waals surface area contributed by atoms with Crippen LogP contribution < -0.4 is 14.4 Å². The number of amides is 1. The normalized spacial score (nSPS) is 13.5. The number of nitrogens with zero attached hydrogens (tertiary/aromatic N) is 4. The summed E-state index contributed by atoms with van der Waals surface area (Å²) < 4.78 is 12.5. The number of anilines is 1. The fraction of sp³-hybridized carbons (Fsp3) is 0.214. The van der Waals surface area contributed by atoms with E-state index in [4.69, 9.17) is 26.2 Å². The fourth-order valence-electron chi connectivity index (χ4n) is 4.47. The van der Waals surface area contributed by atoms with Crippen LogP contribution in [0.1, 0.15) is 10.5 Å². The molecule has 0 radical (unpaired) electrons. The highest BCUT2D eigenvalue weighted by atomic mass is 35.5. The van der Waals surface area contributed by atoms with Crippen molar-refractivity contribution in [2.24, 2.45) is 0 Å². The number of methoxy groups -OCH3 is 2. The Bertz CT molecular complexity index is 1380. The number of benzene rings is 3. The van der Waals surface area contributed by atoms with E-state index in [1.54, 1.807) is 25.0 Å². The van der Waals surface area contributed by atoms with Gasteiger partial charge < -0.3 is 19.3 Å². The lowest BCUT2D eigenvalue weighted by Crippen LogP contribution is -2.49. The van der Waals surface area contributed by atoms with E-state index < -0.39 is 0 Å². The predicted molar refractivity (Wildman–Crippen MR) is 142 cm³/mol. The number of rotatable bonds is 6. The molecule has 7 nitrogen and oxygen atoms in total. The first-order valence-corrected chi connectivity index (χ1v) is 12.1. The maximum absolute atomic E-state index is 13.8. The van der Waals surface area contributed by atoms with Gasteiger partial charge in [0.05, 0.1) is 36.3 Å². The first-order chi connectivity index (χ1) is 17.6. The van der Waals surface area contributed by atoms with Crippen LogP contribution in [0.25, 0.3) is 16.9 Å². The van der Waals surface area contributed by atoms with Crippen molar-refractivity contribution < 1.29 is 14.3 Å². The van der Waals surface area contributed by atoms with Gasteiger partial charge in [-0.25, -0.2) is 4.68 Å². The number of para-hydroxylation sites is 3. The minimum Gasteiger partial charge on any atom is -0.497 e. The second-order valence-corrected chi connectivity index (χ2v) is 8.87. The highest BCUT2D eigenvalue weighted by molar-refractivity contribution is 6.32. The molecule has 1 amide bonds. The van der Waals surface area contributed by atoms with Gasteiger partial charge in [-0.1, -0.05) is 48.0 Å². The maximum atomic E-state index is 13.8. The number of hydrogen-bond donors (Lipinski definition) is 0. The summed E-state index contributed by atoms with van der Waals surface area (Å²) in [5, 5.41) is 5.31. The van der Waals surface area contributed by atoms with Crippen LogP contribution in [0, 0.1) is 0 Å². The first kappa shape index (κ1) is 23.8. The standard InChI is InChI=1S/C28H27ClN4O3/c1-35-21-9-7-8-20(18-21)23-19-26(33(30-23)24-11-4-3-10-22(24)29)28(34)32-16-14-31(15-17-32)25-12-5-6-13-27(25)36-2/h3-13,18-19H,14-17H2,1-2H3. The van der Waals surface area contributed by atoms with E-state index in [0.29, 0.717) is 48.3 Å². The first-order valence-electron chi connectivity index (χ1n) is 11.8. The summed E-state index contributed by atoms with van der Waals surface area (Å²) in [6.45, 7) is 2.57. The largest absolute Gasteiger partial charge is 0.497 e. The van der Waals surface area contributed by atoms with Crippen molar-refractivity contribution in [2.45, 2.75) is 0 Å². The highest BCUT2D eigenvalue weighted by Crippen LogP contribution is 2.30. The van der Waals surface area contributed by atoms with E-state index in [-0.39, 0.29) is 5.91 Å². The van der Waals surface area contributed by atoms with Crippen LogP contribution in [0.5, 0.6) is 11.5 Å².